The van der Waals surface area contributed by atoms with E-state index < -0.39 is 41.8 Å². The first-order valence-electron chi connectivity index (χ1n) is 14.6. The molecule has 11 nitrogen and oxygen atoms in total. The smallest absolute Gasteiger partial charge is 0.408 e. The Hall–Kier alpha value is -2.69. The van der Waals surface area contributed by atoms with E-state index in [0.717, 1.165) is 44.9 Å². The van der Waals surface area contributed by atoms with Gasteiger partial charge in [0.05, 0.1) is 19.3 Å². The van der Waals surface area contributed by atoms with Crippen LogP contribution in [0.4, 0.5) is 4.79 Å². The zero-order chi connectivity index (χ0) is 27.9. The minimum atomic E-state index is -1.07. The number of piperidine rings is 1. The van der Waals surface area contributed by atoms with E-state index in [9.17, 15) is 24.0 Å². The minimum absolute atomic E-state index is 0.0497. The lowest BCUT2D eigenvalue weighted by Crippen LogP contribution is -2.59. The number of nitrogens with one attached hydrogen (secondary N) is 2. The molecular weight excluding hydrogens is 504 g/mol. The predicted molar refractivity (Wildman–Crippen MR) is 139 cm³/mol. The van der Waals surface area contributed by atoms with Crippen LogP contribution in [0.1, 0.15) is 71.6 Å². The van der Waals surface area contributed by atoms with Gasteiger partial charge in [-0.25, -0.2) is 4.79 Å². The second kappa shape index (κ2) is 11.1. The highest BCUT2D eigenvalue weighted by Gasteiger charge is 2.69. The van der Waals surface area contributed by atoms with Crippen molar-refractivity contribution < 1.29 is 33.4 Å². The molecule has 0 aromatic heterocycles. The van der Waals surface area contributed by atoms with Gasteiger partial charge < -0.3 is 30.7 Å². The van der Waals surface area contributed by atoms with E-state index in [2.05, 4.69) is 24.5 Å². The molecule has 0 spiro atoms. The standard InChI is InChI=1S/C28H42N4O7/c1-28(2)18-13-32(22(20(18)28)25(35)30-19(12-15-8-9-15)23(33)24(29)34)26(36)21(16-6-4-3-5-7-16)31-27(37)39-17-10-11-38-14-17/h15-22H,3-14H2,1-2H3,(H2,29,34)(H,30,35)(H,31,37)/t17-,18-,19?,20-,21-,22-/m0/s1. The quantitative estimate of drug-likeness (QED) is 0.348. The first-order valence-corrected chi connectivity index (χ1v) is 14.6. The number of nitrogens with zero attached hydrogens (tertiary/aromatic N) is 1. The van der Waals surface area contributed by atoms with Gasteiger partial charge in [0.1, 0.15) is 18.2 Å². The van der Waals surface area contributed by atoms with E-state index in [1.165, 1.54) is 0 Å². The molecule has 2 heterocycles. The topological polar surface area (TPSA) is 157 Å². The number of carbonyl (C=O) groups is 5. The Balaban J connectivity index is 1.34. The summed E-state index contributed by atoms with van der Waals surface area (Å²) in [5, 5.41) is 5.64. The lowest BCUT2D eigenvalue weighted by molar-refractivity contribution is -0.144. The molecular formula is C28H42N4O7. The maximum Gasteiger partial charge on any atom is 0.408 e. The molecule has 5 rings (SSSR count). The van der Waals surface area contributed by atoms with Gasteiger partial charge in [-0.05, 0) is 48.3 Å². The molecule has 3 saturated carbocycles. The second-order valence-corrected chi connectivity index (χ2v) is 12.8. The summed E-state index contributed by atoms with van der Waals surface area (Å²) in [7, 11) is 0. The second-order valence-electron chi connectivity index (χ2n) is 12.8. The molecule has 0 radical (unpaired) electrons. The number of hydrogen-bond donors (Lipinski definition) is 3. The molecule has 0 bridgehead atoms. The summed E-state index contributed by atoms with van der Waals surface area (Å²) in [6, 6.07) is -2.58. The third kappa shape index (κ3) is 5.93. The summed E-state index contributed by atoms with van der Waals surface area (Å²) in [5.74, 6) is -2.30. The number of primary amides is 1. The molecule has 0 aromatic rings. The van der Waals surface area contributed by atoms with Gasteiger partial charge >= 0.3 is 6.09 Å². The fourth-order valence-electron chi connectivity index (χ4n) is 7.11. The van der Waals surface area contributed by atoms with Gasteiger partial charge in [0.2, 0.25) is 17.6 Å². The first kappa shape index (κ1) is 27.9. The van der Waals surface area contributed by atoms with Gasteiger partial charge in [-0.1, -0.05) is 46.0 Å². The molecule has 6 atom stereocenters. The summed E-state index contributed by atoms with van der Waals surface area (Å²) in [6.07, 6.45) is 6.56. The Morgan fingerprint density at radius 3 is 2.36 bits per heavy atom. The van der Waals surface area contributed by atoms with Gasteiger partial charge in [-0.3, -0.25) is 19.2 Å². The molecule has 216 valence electrons. The summed E-state index contributed by atoms with van der Waals surface area (Å²) in [6.45, 7) is 5.44. The van der Waals surface area contributed by atoms with Crippen LogP contribution in [0.5, 0.6) is 0 Å². The fraction of sp³-hybridized carbons (Fsp3) is 0.821. The molecule has 1 unspecified atom stereocenters. The highest BCUT2D eigenvalue weighted by atomic mass is 16.6. The van der Waals surface area contributed by atoms with Crippen LogP contribution in [-0.2, 0) is 28.7 Å². The zero-order valence-corrected chi connectivity index (χ0v) is 23.0. The molecule has 39 heavy (non-hydrogen) atoms. The number of ether oxygens (including phenoxy) is 2. The van der Waals surface area contributed by atoms with Crippen LogP contribution >= 0.6 is 0 Å². The van der Waals surface area contributed by atoms with E-state index in [1.807, 2.05) is 0 Å². The predicted octanol–water partition coefficient (Wildman–Crippen LogP) is 1.27. The van der Waals surface area contributed by atoms with Crippen molar-refractivity contribution in [3.63, 3.8) is 0 Å². The van der Waals surface area contributed by atoms with E-state index in [1.54, 1.807) is 4.90 Å². The molecule has 4 N–H and O–H groups in total. The third-order valence-electron chi connectivity index (χ3n) is 9.72. The number of ketones is 1. The van der Waals surface area contributed by atoms with Crippen LogP contribution in [0.25, 0.3) is 0 Å². The minimum Gasteiger partial charge on any atom is -0.444 e. The molecule has 5 fully saturated rings. The number of rotatable bonds is 10. The van der Waals surface area contributed by atoms with Crippen LogP contribution in [0.3, 0.4) is 0 Å². The van der Waals surface area contributed by atoms with Crippen LogP contribution in [0, 0.1) is 29.1 Å². The maximum absolute atomic E-state index is 14.1. The van der Waals surface area contributed by atoms with Crippen molar-refractivity contribution in [1.82, 2.24) is 15.5 Å². The molecule has 4 amide bonds. The zero-order valence-electron chi connectivity index (χ0n) is 23.0. The summed E-state index contributed by atoms with van der Waals surface area (Å²) in [5.41, 5.74) is 5.15. The molecule has 2 aliphatic heterocycles. The summed E-state index contributed by atoms with van der Waals surface area (Å²) < 4.78 is 10.8. The molecule has 2 saturated heterocycles. The van der Waals surface area contributed by atoms with Crippen LogP contribution in [0.2, 0.25) is 0 Å². The number of Topliss-reactive ketones (excluding diaryl/α,β-unsaturated/α-hetero) is 1. The number of nitrogens with two attached hydrogens (primary N) is 1. The SMILES string of the molecule is CC1(C)[C@@H]2[C@@H](C(=O)NC(CC3CC3)C(=O)C(N)=O)N(C(=O)[C@@H](NC(=O)O[C@H]3CCOC3)C3CCCCC3)C[C@@H]21. The summed E-state index contributed by atoms with van der Waals surface area (Å²) >= 11 is 0. The average molecular weight is 547 g/mol. The lowest BCUT2D eigenvalue weighted by Gasteiger charge is -2.37. The monoisotopic (exact) mass is 546 g/mol. The molecule has 0 aromatic carbocycles. The highest BCUT2D eigenvalue weighted by molar-refractivity contribution is 6.37. The van der Waals surface area contributed by atoms with Crippen molar-refractivity contribution in [2.75, 3.05) is 19.8 Å². The van der Waals surface area contributed by atoms with Gasteiger partial charge in [0, 0.05) is 13.0 Å². The number of likely N-dealkylation sites (tertiary alicyclic amines) is 1. The van der Waals surface area contributed by atoms with Crippen molar-refractivity contribution in [3.8, 4) is 0 Å². The van der Waals surface area contributed by atoms with Gasteiger partial charge in [-0.2, -0.15) is 0 Å². The number of hydrogen-bond acceptors (Lipinski definition) is 7. The van der Waals surface area contributed by atoms with Crippen molar-refractivity contribution in [3.05, 3.63) is 0 Å². The molecule has 11 heteroatoms. The van der Waals surface area contributed by atoms with Crippen molar-refractivity contribution in [1.29, 1.82) is 0 Å². The van der Waals surface area contributed by atoms with Gasteiger partial charge in [-0.15, -0.1) is 0 Å². The number of fused-ring (bicyclic) bond motifs is 1. The maximum atomic E-state index is 14.1. The van der Waals surface area contributed by atoms with E-state index in [4.69, 9.17) is 15.2 Å². The van der Waals surface area contributed by atoms with Gasteiger partial charge in [0.25, 0.3) is 5.91 Å². The number of alkyl carbamates (subject to hydrolysis) is 1. The van der Waals surface area contributed by atoms with Crippen LogP contribution in [0.15, 0.2) is 0 Å². The molecule has 5 aliphatic rings. The lowest BCUT2D eigenvalue weighted by atomic mass is 9.83. The molecule has 3 aliphatic carbocycles. The van der Waals surface area contributed by atoms with Crippen molar-refractivity contribution in [2.24, 2.45) is 34.8 Å². The average Bonchev–Trinajstić information content (AvgIpc) is 3.62. The van der Waals surface area contributed by atoms with Crippen LogP contribution < -0.4 is 16.4 Å². The third-order valence-corrected chi connectivity index (χ3v) is 9.72. The van der Waals surface area contributed by atoms with E-state index in [0.29, 0.717) is 32.6 Å². The largest absolute Gasteiger partial charge is 0.444 e. The fourth-order valence-corrected chi connectivity index (χ4v) is 7.11. The Bertz CT molecular complexity index is 1000. The first-order chi connectivity index (χ1) is 18.6. The van der Waals surface area contributed by atoms with Crippen molar-refractivity contribution in [2.45, 2.75) is 95.9 Å². The normalized spacial score (nSPS) is 31.1. The Labute approximate surface area is 229 Å². The summed E-state index contributed by atoms with van der Waals surface area (Å²) in [4.78, 5) is 66.5. The number of carbonyl (C=O) groups excluding carboxylic acids is 5. The van der Waals surface area contributed by atoms with Crippen LogP contribution in [-0.4, -0.2) is 78.5 Å². The Morgan fingerprint density at radius 2 is 1.74 bits per heavy atom. The Kier molecular flexibility index (Phi) is 7.90. The van der Waals surface area contributed by atoms with E-state index in [-0.39, 0.29) is 41.1 Å². The van der Waals surface area contributed by atoms with E-state index >= 15 is 0 Å². The number of amides is 4. The Morgan fingerprint density at radius 1 is 1.03 bits per heavy atom. The van der Waals surface area contributed by atoms with Gasteiger partial charge in [0.15, 0.2) is 0 Å². The van der Waals surface area contributed by atoms with Crippen molar-refractivity contribution >= 4 is 29.6 Å². The highest BCUT2D eigenvalue weighted by Crippen LogP contribution is 2.65.